The van der Waals surface area contributed by atoms with Crippen LogP contribution in [-0.2, 0) is 5.60 Å². The van der Waals surface area contributed by atoms with Crippen molar-refractivity contribution in [3.8, 4) is 0 Å². The molecule has 0 saturated carbocycles. The summed E-state index contributed by atoms with van der Waals surface area (Å²) < 4.78 is 6.29. The van der Waals surface area contributed by atoms with E-state index in [0.717, 1.165) is 17.3 Å². The van der Waals surface area contributed by atoms with Crippen LogP contribution in [-0.4, -0.2) is 17.2 Å². The Labute approximate surface area is 97.0 Å². The Kier molecular flexibility index (Phi) is 2.20. The predicted molar refractivity (Wildman–Crippen MR) is 59.5 cm³/mol. The van der Waals surface area contributed by atoms with Crippen molar-refractivity contribution in [2.24, 2.45) is 0 Å². The quantitative estimate of drug-likeness (QED) is 0.823. The fourth-order valence-corrected chi connectivity index (χ4v) is 3.50. The van der Waals surface area contributed by atoms with Gasteiger partial charge in [0, 0.05) is 12.1 Å². The van der Waals surface area contributed by atoms with Crippen molar-refractivity contribution in [1.82, 2.24) is 5.32 Å². The van der Waals surface area contributed by atoms with Crippen molar-refractivity contribution < 1.29 is 9.52 Å². The number of rotatable bonds is 1. The van der Waals surface area contributed by atoms with Crippen molar-refractivity contribution in [2.75, 3.05) is 0 Å². The van der Waals surface area contributed by atoms with Crippen LogP contribution in [0.15, 0.2) is 21.2 Å². The molecule has 2 N–H and O–H groups in total. The first-order chi connectivity index (χ1) is 7.17. The first kappa shape index (κ1) is 9.87. The van der Waals surface area contributed by atoms with Gasteiger partial charge in [-0.15, -0.1) is 0 Å². The smallest absolute Gasteiger partial charge is 0.149 e. The normalized spacial score (nSPS) is 39.6. The predicted octanol–water partition coefficient (Wildman–Crippen LogP) is 2.14. The molecule has 1 aromatic rings. The molecule has 0 amide bonds. The maximum absolute atomic E-state index is 10.6. The average molecular weight is 272 g/mol. The zero-order valence-electron chi connectivity index (χ0n) is 8.37. The molecule has 2 atom stereocenters. The standard InChI is InChI=1S/C11H14BrNO2/c12-9-3-4-15-10(9)11(14)5-7-1-2-8(6-11)13-7/h3-4,7-8,13-14H,1-2,5-6H2. The lowest BCUT2D eigenvalue weighted by Gasteiger charge is -2.35. The van der Waals surface area contributed by atoms with Crippen LogP contribution in [0.5, 0.6) is 0 Å². The second kappa shape index (κ2) is 3.34. The lowest BCUT2D eigenvalue weighted by molar-refractivity contribution is -0.0303. The maximum Gasteiger partial charge on any atom is 0.149 e. The minimum Gasteiger partial charge on any atom is -0.465 e. The molecular weight excluding hydrogens is 258 g/mol. The molecule has 3 rings (SSSR count). The van der Waals surface area contributed by atoms with Gasteiger partial charge >= 0.3 is 0 Å². The van der Waals surface area contributed by atoms with Crippen LogP contribution in [0.2, 0.25) is 0 Å². The monoisotopic (exact) mass is 271 g/mol. The Morgan fingerprint density at radius 2 is 2.07 bits per heavy atom. The van der Waals surface area contributed by atoms with Gasteiger partial charge in [-0.1, -0.05) is 0 Å². The number of aliphatic hydroxyl groups is 1. The van der Waals surface area contributed by atoms with Gasteiger partial charge in [0.2, 0.25) is 0 Å². The molecule has 4 heteroatoms. The molecule has 2 aliphatic heterocycles. The third-order valence-corrected chi connectivity index (χ3v) is 4.17. The van der Waals surface area contributed by atoms with Gasteiger partial charge in [0.05, 0.1) is 10.7 Å². The zero-order valence-corrected chi connectivity index (χ0v) is 9.96. The van der Waals surface area contributed by atoms with Crippen LogP contribution in [0.4, 0.5) is 0 Å². The third kappa shape index (κ3) is 1.55. The van der Waals surface area contributed by atoms with E-state index in [-0.39, 0.29) is 0 Å². The van der Waals surface area contributed by atoms with Crippen LogP contribution < -0.4 is 5.32 Å². The number of nitrogens with one attached hydrogen (secondary N) is 1. The van der Waals surface area contributed by atoms with Gasteiger partial charge < -0.3 is 14.8 Å². The van der Waals surface area contributed by atoms with Crippen LogP contribution in [0.3, 0.4) is 0 Å². The topological polar surface area (TPSA) is 45.4 Å². The summed E-state index contributed by atoms with van der Waals surface area (Å²) in [6, 6.07) is 2.74. The van der Waals surface area contributed by atoms with E-state index in [1.165, 1.54) is 12.8 Å². The summed E-state index contributed by atoms with van der Waals surface area (Å²) in [5.74, 6) is 0.695. The number of hydrogen-bond donors (Lipinski definition) is 2. The number of piperidine rings is 1. The molecule has 0 radical (unpaired) electrons. The summed E-state index contributed by atoms with van der Waals surface area (Å²) in [6.45, 7) is 0. The van der Waals surface area contributed by atoms with E-state index in [0.29, 0.717) is 17.8 Å². The Morgan fingerprint density at radius 3 is 2.60 bits per heavy atom. The molecule has 1 aromatic heterocycles. The fourth-order valence-electron chi connectivity index (χ4n) is 2.93. The molecule has 3 heterocycles. The van der Waals surface area contributed by atoms with Gasteiger partial charge in [0.25, 0.3) is 0 Å². The highest BCUT2D eigenvalue weighted by atomic mass is 79.9. The van der Waals surface area contributed by atoms with Crippen molar-refractivity contribution in [3.05, 3.63) is 22.6 Å². The first-order valence-electron chi connectivity index (χ1n) is 5.39. The second-order valence-electron chi connectivity index (χ2n) is 4.68. The van der Waals surface area contributed by atoms with Crippen LogP contribution in [0, 0.1) is 0 Å². The minimum absolute atomic E-state index is 0.450. The maximum atomic E-state index is 10.6. The summed E-state index contributed by atoms with van der Waals surface area (Å²) in [7, 11) is 0. The molecule has 2 unspecified atom stereocenters. The lowest BCUT2D eigenvalue weighted by Crippen LogP contribution is -2.46. The van der Waals surface area contributed by atoms with Crippen molar-refractivity contribution >= 4 is 15.9 Å². The van der Waals surface area contributed by atoms with E-state index in [4.69, 9.17) is 4.42 Å². The van der Waals surface area contributed by atoms with Crippen molar-refractivity contribution in [2.45, 2.75) is 43.4 Å². The summed E-state index contributed by atoms with van der Waals surface area (Å²) in [4.78, 5) is 0. The highest BCUT2D eigenvalue weighted by Crippen LogP contribution is 2.43. The number of halogens is 1. The van der Waals surface area contributed by atoms with Gasteiger partial charge in [-0.3, -0.25) is 0 Å². The van der Waals surface area contributed by atoms with Gasteiger partial charge in [-0.25, -0.2) is 0 Å². The second-order valence-corrected chi connectivity index (χ2v) is 5.53. The molecule has 2 saturated heterocycles. The zero-order chi connectivity index (χ0) is 10.5. The minimum atomic E-state index is -0.778. The molecule has 0 aliphatic carbocycles. The SMILES string of the molecule is OC1(c2occc2Br)CC2CCC(C1)N2. The van der Waals surface area contributed by atoms with Crippen molar-refractivity contribution in [1.29, 1.82) is 0 Å². The van der Waals surface area contributed by atoms with E-state index < -0.39 is 5.60 Å². The number of hydrogen-bond acceptors (Lipinski definition) is 3. The Morgan fingerprint density at radius 1 is 1.40 bits per heavy atom. The summed E-state index contributed by atoms with van der Waals surface area (Å²) >= 11 is 3.42. The Bertz CT molecular complexity index is 364. The average Bonchev–Trinajstić information content (AvgIpc) is 2.73. The van der Waals surface area contributed by atoms with E-state index in [1.54, 1.807) is 6.26 Å². The van der Waals surface area contributed by atoms with E-state index in [2.05, 4.69) is 21.2 Å². The molecule has 2 bridgehead atoms. The number of furan rings is 1. The molecule has 82 valence electrons. The molecule has 0 spiro atoms. The van der Waals surface area contributed by atoms with Gasteiger partial charge in [0.15, 0.2) is 0 Å². The highest BCUT2D eigenvalue weighted by Gasteiger charge is 2.46. The summed E-state index contributed by atoms with van der Waals surface area (Å²) in [5.41, 5.74) is -0.778. The third-order valence-electron chi connectivity index (χ3n) is 3.54. The Hall–Kier alpha value is -0.320. The highest BCUT2D eigenvalue weighted by molar-refractivity contribution is 9.10. The number of fused-ring (bicyclic) bond motifs is 2. The molecule has 2 fully saturated rings. The largest absolute Gasteiger partial charge is 0.465 e. The molecule has 0 aromatic carbocycles. The molecule has 3 nitrogen and oxygen atoms in total. The molecular formula is C11H14BrNO2. The lowest BCUT2D eigenvalue weighted by atomic mass is 9.85. The first-order valence-corrected chi connectivity index (χ1v) is 6.18. The summed E-state index contributed by atoms with van der Waals surface area (Å²) in [5, 5.41) is 14.1. The van der Waals surface area contributed by atoms with E-state index >= 15 is 0 Å². The van der Waals surface area contributed by atoms with Gasteiger partial charge in [0.1, 0.15) is 11.4 Å². The fraction of sp³-hybridized carbons (Fsp3) is 0.636. The van der Waals surface area contributed by atoms with E-state index in [1.807, 2.05) is 6.07 Å². The van der Waals surface area contributed by atoms with Gasteiger partial charge in [-0.05, 0) is 47.7 Å². The molecule has 2 aliphatic rings. The Balaban J connectivity index is 1.94. The van der Waals surface area contributed by atoms with Crippen LogP contribution in [0.25, 0.3) is 0 Å². The van der Waals surface area contributed by atoms with Crippen LogP contribution in [0.1, 0.15) is 31.4 Å². The molecule has 15 heavy (non-hydrogen) atoms. The summed E-state index contributed by atoms with van der Waals surface area (Å²) in [6.07, 6.45) is 5.49. The van der Waals surface area contributed by atoms with Crippen molar-refractivity contribution in [3.63, 3.8) is 0 Å². The van der Waals surface area contributed by atoms with E-state index in [9.17, 15) is 5.11 Å². The van der Waals surface area contributed by atoms with Crippen LogP contribution >= 0.6 is 15.9 Å². The van der Waals surface area contributed by atoms with Gasteiger partial charge in [-0.2, -0.15) is 0 Å².